The summed E-state index contributed by atoms with van der Waals surface area (Å²) in [6.07, 6.45) is 2.45. The summed E-state index contributed by atoms with van der Waals surface area (Å²) in [4.78, 5) is 34.9. The van der Waals surface area contributed by atoms with Crippen molar-refractivity contribution in [3.63, 3.8) is 0 Å². The van der Waals surface area contributed by atoms with E-state index in [9.17, 15) is 9.59 Å². The fourth-order valence-electron chi connectivity index (χ4n) is 4.55. The minimum atomic E-state index is -0.335. The number of fused-ring (bicyclic) bond motifs is 1. The van der Waals surface area contributed by atoms with Crippen molar-refractivity contribution >= 4 is 11.2 Å². The molecule has 2 aliphatic rings. The summed E-state index contributed by atoms with van der Waals surface area (Å²) in [6.45, 7) is 9.92. The van der Waals surface area contributed by atoms with Crippen LogP contribution in [0.25, 0.3) is 11.2 Å². The van der Waals surface area contributed by atoms with Crippen molar-refractivity contribution < 1.29 is 4.74 Å². The molecule has 0 spiro atoms. The van der Waals surface area contributed by atoms with Gasteiger partial charge in [-0.25, -0.2) is 9.78 Å². The molecule has 0 amide bonds. The standard InChI is InChI=1S/C20H32N6O3/c1-15-5-4-6-25(13-15)14-16-21-18-17(19(27)23(3)20(28)22(18)2)26(16)8-7-24-9-11-29-12-10-24/h15H,4-14H2,1-3H3. The van der Waals surface area contributed by atoms with Gasteiger partial charge in [-0.05, 0) is 25.3 Å². The Hall–Kier alpha value is -1.97. The van der Waals surface area contributed by atoms with Crippen molar-refractivity contribution in [2.75, 3.05) is 45.9 Å². The lowest BCUT2D eigenvalue weighted by Crippen LogP contribution is -2.40. The molecule has 9 nitrogen and oxygen atoms in total. The highest BCUT2D eigenvalue weighted by molar-refractivity contribution is 5.71. The third-order valence-electron chi connectivity index (χ3n) is 6.28. The Bertz CT molecular complexity index is 985. The monoisotopic (exact) mass is 404 g/mol. The Kier molecular flexibility index (Phi) is 5.89. The summed E-state index contributed by atoms with van der Waals surface area (Å²) < 4.78 is 10.2. The van der Waals surface area contributed by atoms with Gasteiger partial charge in [0, 0.05) is 46.8 Å². The van der Waals surface area contributed by atoms with E-state index in [1.165, 1.54) is 29.0 Å². The predicted molar refractivity (Wildman–Crippen MR) is 111 cm³/mol. The van der Waals surface area contributed by atoms with Crippen LogP contribution in [-0.2, 0) is 31.9 Å². The number of rotatable bonds is 5. The van der Waals surface area contributed by atoms with Gasteiger partial charge in [0.2, 0.25) is 0 Å². The smallest absolute Gasteiger partial charge is 0.332 e. The van der Waals surface area contributed by atoms with Crippen LogP contribution in [0.3, 0.4) is 0 Å². The first kappa shape index (κ1) is 20.3. The first-order valence-electron chi connectivity index (χ1n) is 10.6. The molecule has 2 fully saturated rings. The fraction of sp³-hybridized carbons (Fsp3) is 0.750. The summed E-state index contributed by atoms with van der Waals surface area (Å²) in [5.41, 5.74) is 0.414. The maximum atomic E-state index is 13.0. The quantitative estimate of drug-likeness (QED) is 0.698. The zero-order chi connectivity index (χ0) is 20.5. The molecule has 0 aliphatic carbocycles. The van der Waals surface area contributed by atoms with Crippen LogP contribution < -0.4 is 11.2 Å². The molecule has 160 valence electrons. The molecule has 0 bridgehead atoms. The Morgan fingerprint density at radius 3 is 2.52 bits per heavy atom. The number of ether oxygens (including phenoxy) is 1. The number of hydrogen-bond donors (Lipinski definition) is 0. The minimum Gasteiger partial charge on any atom is -0.379 e. The molecule has 2 saturated heterocycles. The fourth-order valence-corrected chi connectivity index (χ4v) is 4.55. The molecule has 9 heteroatoms. The highest BCUT2D eigenvalue weighted by Crippen LogP contribution is 2.19. The average Bonchev–Trinajstić information content (AvgIpc) is 3.08. The molecule has 2 aromatic rings. The largest absolute Gasteiger partial charge is 0.379 e. The van der Waals surface area contributed by atoms with E-state index in [1.807, 2.05) is 4.57 Å². The summed E-state index contributed by atoms with van der Waals surface area (Å²) in [5, 5.41) is 0. The maximum absolute atomic E-state index is 13.0. The molecule has 4 heterocycles. The van der Waals surface area contributed by atoms with Crippen LogP contribution in [0.4, 0.5) is 0 Å². The first-order valence-corrected chi connectivity index (χ1v) is 10.6. The second-order valence-electron chi connectivity index (χ2n) is 8.49. The highest BCUT2D eigenvalue weighted by atomic mass is 16.5. The molecule has 29 heavy (non-hydrogen) atoms. The van der Waals surface area contributed by atoms with Crippen molar-refractivity contribution in [1.82, 2.24) is 28.5 Å². The van der Waals surface area contributed by atoms with Crippen LogP contribution in [0, 0.1) is 5.92 Å². The van der Waals surface area contributed by atoms with E-state index in [0.717, 1.165) is 51.8 Å². The van der Waals surface area contributed by atoms with Gasteiger partial charge < -0.3 is 9.30 Å². The van der Waals surface area contributed by atoms with Gasteiger partial charge >= 0.3 is 5.69 Å². The Morgan fingerprint density at radius 2 is 1.79 bits per heavy atom. The Morgan fingerprint density at radius 1 is 1.03 bits per heavy atom. The third-order valence-corrected chi connectivity index (χ3v) is 6.28. The molecule has 1 unspecified atom stereocenters. The number of likely N-dealkylation sites (tertiary alicyclic amines) is 1. The Labute approximate surface area is 170 Å². The normalized spacial score (nSPS) is 21.8. The van der Waals surface area contributed by atoms with Gasteiger partial charge in [-0.2, -0.15) is 0 Å². The Balaban J connectivity index is 1.71. The molecule has 4 rings (SSSR count). The van der Waals surface area contributed by atoms with Crippen LogP contribution in [-0.4, -0.2) is 74.4 Å². The zero-order valence-electron chi connectivity index (χ0n) is 17.8. The van der Waals surface area contributed by atoms with E-state index in [4.69, 9.17) is 9.72 Å². The molecule has 2 aliphatic heterocycles. The second kappa shape index (κ2) is 8.41. The van der Waals surface area contributed by atoms with Crippen molar-refractivity contribution in [3.05, 3.63) is 26.7 Å². The van der Waals surface area contributed by atoms with Crippen molar-refractivity contribution in [1.29, 1.82) is 0 Å². The maximum Gasteiger partial charge on any atom is 0.332 e. The number of hydrogen-bond acceptors (Lipinski definition) is 6. The lowest BCUT2D eigenvalue weighted by Gasteiger charge is -2.31. The lowest BCUT2D eigenvalue weighted by atomic mass is 10.0. The molecular formula is C20H32N6O3. The highest BCUT2D eigenvalue weighted by Gasteiger charge is 2.23. The van der Waals surface area contributed by atoms with Gasteiger partial charge in [-0.15, -0.1) is 0 Å². The molecule has 0 aromatic carbocycles. The minimum absolute atomic E-state index is 0.268. The molecule has 0 radical (unpaired) electrons. The van der Waals surface area contributed by atoms with Crippen molar-refractivity contribution in [2.45, 2.75) is 32.9 Å². The summed E-state index contributed by atoms with van der Waals surface area (Å²) in [5.74, 6) is 1.55. The predicted octanol–water partition coefficient (Wildman–Crippen LogP) is -0.00220. The van der Waals surface area contributed by atoms with Crippen molar-refractivity contribution in [2.24, 2.45) is 20.0 Å². The zero-order valence-corrected chi connectivity index (χ0v) is 17.8. The molecule has 0 saturated carbocycles. The van der Waals surface area contributed by atoms with E-state index in [0.29, 0.717) is 30.2 Å². The first-order chi connectivity index (χ1) is 14.0. The van der Waals surface area contributed by atoms with Gasteiger partial charge in [0.25, 0.3) is 5.56 Å². The van der Waals surface area contributed by atoms with Gasteiger partial charge in [-0.1, -0.05) is 6.92 Å². The van der Waals surface area contributed by atoms with E-state index in [2.05, 4.69) is 16.7 Å². The van der Waals surface area contributed by atoms with Crippen LogP contribution in [0.1, 0.15) is 25.6 Å². The van der Waals surface area contributed by atoms with Crippen LogP contribution in [0.15, 0.2) is 9.59 Å². The number of morpholine rings is 1. The molecule has 2 aromatic heterocycles. The number of aromatic nitrogens is 4. The van der Waals surface area contributed by atoms with Gasteiger partial charge in [-0.3, -0.25) is 23.7 Å². The number of piperidine rings is 1. The van der Waals surface area contributed by atoms with E-state index >= 15 is 0 Å². The van der Waals surface area contributed by atoms with Crippen LogP contribution in [0.5, 0.6) is 0 Å². The van der Waals surface area contributed by atoms with E-state index in [-0.39, 0.29) is 11.2 Å². The molecule has 1 atom stereocenters. The van der Waals surface area contributed by atoms with E-state index in [1.54, 1.807) is 7.05 Å². The lowest BCUT2D eigenvalue weighted by molar-refractivity contribution is 0.0363. The van der Waals surface area contributed by atoms with E-state index < -0.39 is 0 Å². The van der Waals surface area contributed by atoms with Gasteiger partial charge in [0.1, 0.15) is 5.82 Å². The van der Waals surface area contributed by atoms with Crippen LogP contribution in [0.2, 0.25) is 0 Å². The average molecular weight is 405 g/mol. The summed E-state index contributed by atoms with van der Waals surface area (Å²) >= 11 is 0. The number of nitrogens with zero attached hydrogens (tertiary/aromatic N) is 6. The molecular weight excluding hydrogens is 372 g/mol. The molecule has 0 N–H and O–H groups in total. The number of aryl methyl sites for hydroxylation is 1. The third kappa shape index (κ3) is 4.04. The second-order valence-corrected chi connectivity index (χ2v) is 8.49. The summed E-state index contributed by atoms with van der Waals surface area (Å²) in [6, 6.07) is 0. The van der Waals surface area contributed by atoms with Crippen LogP contribution >= 0.6 is 0 Å². The topological polar surface area (TPSA) is 77.5 Å². The van der Waals surface area contributed by atoms with Crippen molar-refractivity contribution in [3.8, 4) is 0 Å². The summed E-state index contributed by atoms with van der Waals surface area (Å²) in [7, 11) is 3.23. The van der Waals surface area contributed by atoms with Gasteiger partial charge in [0.05, 0.1) is 19.8 Å². The van der Waals surface area contributed by atoms with Gasteiger partial charge in [0.15, 0.2) is 11.2 Å². The SMILES string of the molecule is CC1CCCN(Cc2nc3c(c(=O)n(C)c(=O)n3C)n2CCN2CCOCC2)C1. The number of imidazole rings is 1.